The molecule has 158 valence electrons. The third-order valence-electron chi connectivity index (χ3n) is 5.46. The Morgan fingerprint density at radius 2 is 1.87 bits per heavy atom. The molecule has 1 amide bonds. The van der Waals surface area contributed by atoms with Gasteiger partial charge in [0.25, 0.3) is 5.69 Å². The molecule has 1 N–H and O–H groups in total. The van der Waals surface area contributed by atoms with Crippen LogP contribution in [0.3, 0.4) is 0 Å². The van der Waals surface area contributed by atoms with Gasteiger partial charge in [-0.15, -0.1) is 0 Å². The van der Waals surface area contributed by atoms with Gasteiger partial charge in [-0.05, 0) is 36.4 Å². The molecule has 0 radical (unpaired) electrons. The van der Waals surface area contributed by atoms with Gasteiger partial charge in [-0.25, -0.2) is 0 Å². The van der Waals surface area contributed by atoms with Crippen LogP contribution in [0.2, 0.25) is 0 Å². The molecule has 0 bridgehead atoms. The van der Waals surface area contributed by atoms with Gasteiger partial charge in [-0.3, -0.25) is 14.9 Å². The van der Waals surface area contributed by atoms with E-state index in [1.54, 1.807) is 43.5 Å². The van der Waals surface area contributed by atoms with Gasteiger partial charge < -0.3 is 24.6 Å². The second-order valence-corrected chi connectivity index (χ2v) is 7.35. The summed E-state index contributed by atoms with van der Waals surface area (Å²) in [6.07, 6.45) is 0. The highest BCUT2D eigenvalue weighted by Gasteiger charge is 2.36. The third-order valence-corrected chi connectivity index (χ3v) is 5.46. The minimum Gasteiger partial charge on any atom is -0.497 e. The minimum absolute atomic E-state index is 0.00367. The maximum absolute atomic E-state index is 12.6. The highest BCUT2D eigenvalue weighted by atomic mass is 16.6. The number of amides is 1. The quantitative estimate of drug-likeness (QED) is 0.575. The number of carbonyl (C=O) groups excluding carboxylic acids is 1. The molecule has 2 aliphatic rings. The van der Waals surface area contributed by atoms with Gasteiger partial charge in [0, 0.05) is 43.6 Å². The minimum atomic E-state index is -0.406. The van der Waals surface area contributed by atoms with E-state index in [0.29, 0.717) is 50.8 Å². The predicted octanol–water partition coefficient (Wildman–Crippen LogP) is 2.64. The summed E-state index contributed by atoms with van der Waals surface area (Å²) in [6, 6.07) is 12.2. The fraction of sp³-hybridized carbons (Fsp3) is 0.381. The van der Waals surface area contributed by atoms with Crippen molar-refractivity contribution in [1.82, 2.24) is 4.90 Å². The molecule has 0 aromatic heterocycles. The second-order valence-electron chi connectivity index (χ2n) is 7.35. The van der Waals surface area contributed by atoms with E-state index in [9.17, 15) is 14.9 Å². The van der Waals surface area contributed by atoms with E-state index >= 15 is 0 Å². The Morgan fingerprint density at radius 3 is 2.50 bits per heavy atom. The number of rotatable bonds is 6. The number of benzene rings is 2. The normalized spacial score (nSPS) is 16.7. The number of hydrogen-bond donors (Lipinski definition) is 1. The molecule has 2 heterocycles. The number of nitrogens with zero attached hydrogens (tertiary/aromatic N) is 3. The smallest absolute Gasteiger partial charge is 0.292 e. The first-order valence-corrected chi connectivity index (χ1v) is 9.86. The van der Waals surface area contributed by atoms with Gasteiger partial charge in [0.15, 0.2) is 0 Å². The van der Waals surface area contributed by atoms with E-state index in [2.05, 4.69) is 10.2 Å². The summed E-state index contributed by atoms with van der Waals surface area (Å²) in [4.78, 5) is 27.6. The first kappa shape index (κ1) is 20.0. The van der Waals surface area contributed by atoms with Crippen molar-refractivity contribution in [2.45, 2.75) is 0 Å². The van der Waals surface area contributed by atoms with Crippen LogP contribution < -0.4 is 15.0 Å². The van der Waals surface area contributed by atoms with Gasteiger partial charge in [-0.2, -0.15) is 0 Å². The molecule has 0 unspecified atom stereocenters. The Balaban J connectivity index is 1.46. The number of nitrogens with one attached hydrogen (secondary N) is 1. The van der Waals surface area contributed by atoms with Crippen molar-refractivity contribution in [3.05, 3.63) is 52.6 Å². The number of morpholine rings is 1. The monoisotopic (exact) mass is 412 g/mol. The molecular weight excluding hydrogens is 388 g/mol. The summed E-state index contributed by atoms with van der Waals surface area (Å²) in [5.74, 6) is 0.824. The van der Waals surface area contributed by atoms with Crippen LogP contribution in [0.25, 0.3) is 0 Å². The van der Waals surface area contributed by atoms with Gasteiger partial charge >= 0.3 is 0 Å². The van der Waals surface area contributed by atoms with Crippen LogP contribution in [-0.4, -0.2) is 62.2 Å². The van der Waals surface area contributed by atoms with Crippen LogP contribution in [-0.2, 0) is 9.53 Å². The molecule has 0 aliphatic carbocycles. The summed E-state index contributed by atoms with van der Waals surface area (Å²) in [5.41, 5.74) is 1.98. The number of nitro groups is 1. The van der Waals surface area contributed by atoms with Crippen LogP contribution in [0.5, 0.6) is 5.75 Å². The summed E-state index contributed by atoms with van der Waals surface area (Å²) in [6.45, 7) is 3.67. The number of anilines is 3. The van der Waals surface area contributed by atoms with Crippen molar-refractivity contribution in [3.63, 3.8) is 0 Å². The Morgan fingerprint density at radius 1 is 1.17 bits per heavy atom. The number of nitro benzene ring substituents is 1. The molecule has 2 aromatic rings. The molecule has 2 fully saturated rings. The fourth-order valence-corrected chi connectivity index (χ4v) is 3.70. The Kier molecular flexibility index (Phi) is 5.71. The van der Waals surface area contributed by atoms with Crippen LogP contribution >= 0.6 is 0 Å². The molecule has 30 heavy (non-hydrogen) atoms. The maximum atomic E-state index is 12.6. The van der Waals surface area contributed by atoms with Gasteiger partial charge in [0.1, 0.15) is 11.4 Å². The topological polar surface area (TPSA) is 97.2 Å². The lowest BCUT2D eigenvalue weighted by Gasteiger charge is -2.42. The van der Waals surface area contributed by atoms with E-state index < -0.39 is 4.92 Å². The van der Waals surface area contributed by atoms with Gasteiger partial charge in [0.05, 0.1) is 31.2 Å². The molecule has 0 spiro atoms. The van der Waals surface area contributed by atoms with Crippen molar-refractivity contribution in [3.8, 4) is 5.75 Å². The summed E-state index contributed by atoms with van der Waals surface area (Å²) in [5, 5.41) is 14.6. The predicted molar refractivity (Wildman–Crippen MR) is 112 cm³/mol. The SMILES string of the molecule is COc1ccc(Nc2cc(N3CC(C(=O)N4CCOCC4)C3)ccc2[N+](=O)[O-])cc1. The molecule has 4 rings (SSSR count). The Bertz CT molecular complexity index is 921. The average Bonchev–Trinajstić information content (AvgIpc) is 2.74. The van der Waals surface area contributed by atoms with Crippen molar-refractivity contribution in [2.24, 2.45) is 5.92 Å². The van der Waals surface area contributed by atoms with Crippen molar-refractivity contribution in [2.75, 3.05) is 56.7 Å². The molecule has 2 aliphatic heterocycles. The molecule has 0 saturated carbocycles. The fourth-order valence-electron chi connectivity index (χ4n) is 3.70. The van der Waals surface area contributed by atoms with E-state index in [0.717, 1.165) is 11.4 Å². The highest BCUT2D eigenvalue weighted by molar-refractivity contribution is 5.83. The molecule has 0 atom stereocenters. The lowest BCUT2D eigenvalue weighted by molar-refractivity contribution is -0.383. The lowest BCUT2D eigenvalue weighted by Crippen LogP contribution is -2.56. The number of hydrogen-bond acceptors (Lipinski definition) is 7. The van der Waals surface area contributed by atoms with Crippen LogP contribution in [0.15, 0.2) is 42.5 Å². The highest BCUT2D eigenvalue weighted by Crippen LogP contribution is 2.35. The van der Waals surface area contributed by atoms with Crippen molar-refractivity contribution in [1.29, 1.82) is 0 Å². The first-order valence-electron chi connectivity index (χ1n) is 9.86. The molecule has 2 aromatic carbocycles. The summed E-state index contributed by atoms with van der Waals surface area (Å²) < 4.78 is 10.5. The zero-order valence-corrected chi connectivity index (χ0v) is 16.7. The summed E-state index contributed by atoms with van der Waals surface area (Å²) in [7, 11) is 1.58. The number of carbonyl (C=O) groups is 1. The first-order chi connectivity index (χ1) is 14.5. The van der Waals surface area contributed by atoms with Gasteiger partial charge in [-0.1, -0.05) is 0 Å². The van der Waals surface area contributed by atoms with Crippen LogP contribution in [0, 0.1) is 16.0 Å². The van der Waals surface area contributed by atoms with E-state index in [1.165, 1.54) is 6.07 Å². The Labute approximate surface area is 174 Å². The average molecular weight is 412 g/mol. The van der Waals surface area contributed by atoms with Crippen LogP contribution in [0.1, 0.15) is 0 Å². The zero-order chi connectivity index (χ0) is 21.1. The summed E-state index contributed by atoms with van der Waals surface area (Å²) >= 11 is 0. The number of ether oxygens (including phenoxy) is 2. The van der Waals surface area contributed by atoms with Crippen molar-refractivity contribution < 1.29 is 19.2 Å². The number of methoxy groups -OCH3 is 1. The second kappa shape index (κ2) is 8.58. The lowest BCUT2D eigenvalue weighted by atomic mass is 9.97. The molecule has 2 saturated heterocycles. The third kappa shape index (κ3) is 4.16. The van der Waals surface area contributed by atoms with Gasteiger partial charge in [0.2, 0.25) is 5.91 Å². The van der Waals surface area contributed by atoms with Crippen molar-refractivity contribution >= 4 is 28.7 Å². The van der Waals surface area contributed by atoms with Crippen LogP contribution in [0.4, 0.5) is 22.7 Å². The van der Waals surface area contributed by atoms with E-state index in [4.69, 9.17) is 9.47 Å². The van der Waals surface area contributed by atoms with E-state index in [1.807, 2.05) is 4.90 Å². The maximum Gasteiger partial charge on any atom is 0.292 e. The molecular formula is C21H24N4O5. The standard InChI is InChI=1S/C21H24N4O5/c1-29-18-5-2-16(3-6-18)22-19-12-17(4-7-20(19)25(27)28)24-13-15(14-24)21(26)23-8-10-30-11-9-23/h2-7,12,15,22H,8-11,13-14H2,1H3. The van der Waals surface area contributed by atoms with E-state index in [-0.39, 0.29) is 17.5 Å². The molecule has 9 nitrogen and oxygen atoms in total. The largest absolute Gasteiger partial charge is 0.497 e. The molecule has 9 heteroatoms. The Hall–Kier alpha value is -3.33. The zero-order valence-electron chi connectivity index (χ0n) is 16.7.